The minimum absolute atomic E-state index is 0.181. The number of aromatic nitrogens is 4. The smallest absolute Gasteiger partial charge is 0.263 e. The van der Waals surface area contributed by atoms with Gasteiger partial charge in [0.15, 0.2) is 5.82 Å². The second kappa shape index (κ2) is 6.50. The molecule has 1 atom stereocenters. The molecule has 0 saturated carbocycles. The summed E-state index contributed by atoms with van der Waals surface area (Å²) < 4.78 is 27.9. The molecule has 0 radical (unpaired) electrons. The van der Waals surface area contributed by atoms with Crippen molar-refractivity contribution in [2.24, 2.45) is 0 Å². The summed E-state index contributed by atoms with van der Waals surface area (Å²) in [4.78, 5) is 19.3. The van der Waals surface area contributed by atoms with Crippen molar-refractivity contribution in [1.82, 2.24) is 19.9 Å². The van der Waals surface area contributed by atoms with E-state index in [1.807, 2.05) is 4.90 Å². The van der Waals surface area contributed by atoms with E-state index in [0.29, 0.717) is 62.3 Å². The van der Waals surface area contributed by atoms with E-state index in [1.165, 1.54) is 4.31 Å². The van der Waals surface area contributed by atoms with Gasteiger partial charge >= 0.3 is 0 Å². The van der Waals surface area contributed by atoms with Gasteiger partial charge in [0.05, 0.1) is 18.9 Å². The van der Waals surface area contributed by atoms with E-state index in [2.05, 4.69) is 15.0 Å². The van der Waals surface area contributed by atoms with Gasteiger partial charge in [0, 0.05) is 43.2 Å². The Kier molecular flexibility index (Phi) is 4.19. The number of ether oxygens (including phenoxy) is 1. The highest BCUT2D eigenvalue weighted by Gasteiger charge is 2.30. The fourth-order valence-corrected chi connectivity index (χ4v) is 3.52. The number of nitrogens with two attached hydrogens (primary N) is 1. The van der Waals surface area contributed by atoms with Gasteiger partial charge in [-0.3, -0.25) is 8.86 Å². The van der Waals surface area contributed by atoms with Crippen molar-refractivity contribution in [1.29, 1.82) is 0 Å². The minimum atomic E-state index is -2.14. The van der Waals surface area contributed by atoms with Crippen LogP contribution in [0.5, 0.6) is 0 Å². The maximum Gasteiger partial charge on any atom is 0.263 e. The number of fused-ring (bicyclic) bond motifs is 1. The van der Waals surface area contributed by atoms with Crippen molar-refractivity contribution in [2.45, 2.75) is 6.42 Å². The zero-order valence-electron chi connectivity index (χ0n) is 13.3. The van der Waals surface area contributed by atoms with Gasteiger partial charge in [0.2, 0.25) is 11.9 Å². The van der Waals surface area contributed by atoms with Crippen molar-refractivity contribution >= 4 is 29.0 Å². The van der Waals surface area contributed by atoms with E-state index in [4.69, 9.17) is 15.5 Å². The molecule has 132 valence electrons. The van der Waals surface area contributed by atoms with Crippen molar-refractivity contribution in [3.05, 3.63) is 18.0 Å². The number of nitrogen functional groups attached to an aromatic ring is 1. The van der Waals surface area contributed by atoms with Crippen LogP contribution in [0.15, 0.2) is 12.4 Å². The second-order valence-corrected chi connectivity index (χ2v) is 6.59. The largest absolute Gasteiger partial charge is 0.378 e. The monoisotopic (exact) mass is 363 g/mol. The molecule has 2 aromatic rings. The Morgan fingerprint density at radius 2 is 1.88 bits per heavy atom. The molecule has 2 aromatic heterocycles. The van der Waals surface area contributed by atoms with Crippen LogP contribution in [0.2, 0.25) is 0 Å². The summed E-state index contributed by atoms with van der Waals surface area (Å²) in [5, 5.41) is 0. The molecule has 0 bridgehead atoms. The Labute approximate surface area is 146 Å². The molecule has 4 heterocycles. The van der Waals surface area contributed by atoms with E-state index in [1.54, 1.807) is 12.4 Å². The summed E-state index contributed by atoms with van der Waals surface area (Å²) in [6.07, 6.45) is 3.78. The molecule has 1 saturated heterocycles. The highest BCUT2D eigenvalue weighted by molar-refractivity contribution is 7.80. The van der Waals surface area contributed by atoms with E-state index < -0.39 is 11.3 Å². The van der Waals surface area contributed by atoms with Gasteiger partial charge in [-0.05, 0) is 6.42 Å². The lowest BCUT2D eigenvalue weighted by molar-refractivity contribution is 0.122. The number of morpholine rings is 1. The molecule has 1 unspecified atom stereocenters. The van der Waals surface area contributed by atoms with Gasteiger partial charge in [-0.25, -0.2) is 19.2 Å². The predicted octanol–water partition coefficient (Wildman–Crippen LogP) is -0.148. The van der Waals surface area contributed by atoms with Gasteiger partial charge in [-0.2, -0.15) is 4.98 Å². The average molecular weight is 363 g/mol. The normalized spacial score (nSPS) is 18.3. The Hall–Kier alpha value is -2.37. The quantitative estimate of drug-likeness (QED) is 0.715. The standard InChI is InChI=1S/C14H17N7O3S/c15-13-16-7-9(8-17-13)11-10-1-2-21(25(22)23)12(10)19-14(18-11)20-3-5-24-6-4-20/h7-8H,1-6H2,(H,22,23)(H2,15,16,17). The first-order valence-electron chi connectivity index (χ1n) is 7.83. The fraction of sp³-hybridized carbons (Fsp3) is 0.429. The molecule has 0 amide bonds. The van der Waals surface area contributed by atoms with Crippen LogP contribution in [0, 0.1) is 0 Å². The molecular formula is C14H17N7O3S. The Morgan fingerprint density at radius 3 is 2.56 bits per heavy atom. The number of anilines is 3. The topological polar surface area (TPSA) is 131 Å². The zero-order valence-corrected chi connectivity index (χ0v) is 14.1. The highest BCUT2D eigenvalue weighted by Crippen LogP contribution is 2.35. The Morgan fingerprint density at radius 1 is 1.16 bits per heavy atom. The van der Waals surface area contributed by atoms with Crippen LogP contribution in [0.25, 0.3) is 11.3 Å². The number of hydrogen-bond acceptors (Lipinski definition) is 8. The van der Waals surface area contributed by atoms with Crippen LogP contribution in [-0.2, 0) is 22.4 Å². The first-order valence-corrected chi connectivity index (χ1v) is 8.90. The first kappa shape index (κ1) is 16.1. The summed E-state index contributed by atoms with van der Waals surface area (Å²) in [7, 11) is 0. The number of nitrogens with zero attached hydrogens (tertiary/aromatic N) is 6. The van der Waals surface area contributed by atoms with E-state index in [-0.39, 0.29) is 5.95 Å². The molecule has 1 fully saturated rings. The second-order valence-electron chi connectivity index (χ2n) is 5.69. The van der Waals surface area contributed by atoms with Gasteiger partial charge in [-0.1, -0.05) is 0 Å². The molecule has 0 aliphatic carbocycles. The van der Waals surface area contributed by atoms with E-state index in [9.17, 15) is 8.76 Å². The van der Waals surface area contributed by atoms with Gasteiger partial charge in [-0.15, -0.1) is 0 Å². The minimum Gasteiger partial charge on any atom is -0.378 e. The van der Waals surface area contributed by atoms with Crippen LogP contribution in [-0.4, -0.2) is 61.5 Å². The van der Waals surface area contributed by atoms with Crippen molar-refractivity contribution in [3.8, 4) is 11.3 Å². The summed E-state index contributed by atoms with van der Waals surface area (Å²) in [5.41, 5.74) is 7.75. The maximum atomic E-state index is 11.6. The molecule has 11 heteroatoms. The van der Waals surface area contributed by atoms with Crippen LogP contribution in [0.3, 0.4) is 0 Å². The summed E-state index contributed by atoms with van der Waals surface area (Å²) in [6.45, 7) is 2.92. The lowest BCUT2D eigenvalue weighted by Gasteiger charge is -2.28. The Bertz CT molecular complexity index is 811. The SMILES string of the molecule is Nc1ncc(-c2nc(N3CCOCC3)nc3c2CCN3S(=O)O)cn1. The van der Waals surface area contributed by atoms with Crippen molar-refractivity contribution < 1.29 is 13.5 Å². The molecule has 0 spiro atoms. The van der Waals surface area contributed by atoms with Gasteiger partial charge in [0.1, 0.15) is 0 Å². The number of hydrogen-bond donors (Lipinski definition) is 2. The average Bonchev–Trinajstić information content (AvgIpc) is 3.07. The van der Waals surface area contributed by atoms with Crippen LogP contribution < -0.4 is 14.9 Å². The van der Waals surface area contributed by atoms with E-state index >= 15 is 0 Å². The third kappa shape index (κ3) is 3.01. The maximum absolute atomic E-state index is 11.6. The fourth-order valence-electron chi connectivity index (χ4n) is 2.97. The van der Waals surface area contributed by atoms with Gasteiger partial charge < -0.3 is 15.4 Å². The molecule has 2 aliphatic heterocycles. The molecule has 3 N–H and O–H groups in total. The molecule has 0 aromatic carbocycles. The van der Waals surface area contributed by atoms with Crippen LogP contribution in [0.1, 0.15) is 5.56 Å². The zero-order chi connectivity index (χ0) is 17.4. The van der Waals surface area contributed by atoms with E-state index in [0.717, 1.165) is 5.56 Å². The van der Waals surface area contributed by atoms with Crippen LogP contribution >= 0.6 is 0 Å². The highest BCUT2D eigenvalue weighted by atomic mass is 32.2. The molecule has 4 rings (SSSR count). The van der Waals surface area contributed by atoms with Crippen molar-refractivity contribution in [3.63, 3.8) is 0 Å². The third-order valence-corrected chi connectivity index (χ3v) is 4.93. The van der Waals surface area contributed by atoms with Crippen molar-refractivity contribution in [2.75, 3.05) is 47.8 Å². The number of rotatable bonds is 3. The molecule has 2 aliphatic rings. The molecule has 25 heavy (non-hydrogen) atoms. The lowest BCUT2D eigenvalue weighted by atomic mass is 10.1. The summed E-state index contributed by atoms with van der Waals surface area (Å²) in [5.74, 6) is 1.16. The van der Waals surface area contributed by atoms with Gasteiger partial charge in [0.25, 0.3) is 11.3 Å². The van der Waals surface area contributed by atoms with Crippen LogP contribution in [0.4, 0.5) is 17.7 Å². The lowest BCUT2D eigenvalue weighted by Crippen LogP contribution is -2.37. The predicted molar refractivity (Wildman–Crippen MR) is 92.3 cm³/mol. The molecule has 10 nitrogen and oxygen atoms in total. The third-order valence-electron chi connectivity index (χ3n) is 4.20. The summed E-state index contributed by atoms with van der Waals surface area (Å²) in [6, 6.07) is 0. The first-order chi connectivity index (χ1) is 12.1. The molecular weight excluding hydrogens is 346 g/mol. The Balaban J connectivity index is 1.84. The summed E-state index contributed by atoms with van der Waals surface area (Å²) >= 11 is -2.14.